The lowest BCUT2D eigenvalue weighted by Gasteiger charge is -2.32. The van der Waals surface area contributed by atoms with Crippen molar-refractivity contribution in [3.63, 3.8) is 0 Å². The number of likely N-dealkylation sites (tertiary alicyclic amines) is 1. The zero-order valence-corrected chi connectivity index (χ0v) is 12.5. The molecule has 0 bridgehead atoms. The summed E-state index contributed by atoms with van der Waals surface area (Å²) in [6.45, 7) is 1.63. The van der Waals surface area contributed by atoms with Crippen molar-refractivity contribution in [1.29, 1.82) is 0 Å². The molecule has 1 aromatic heterocycles. The number of H-pyrrole nitrogens is 1. The van der Waals surface area contributed by atoms with Crippen LogP contribution >= 0.6 is 0 Å². The molecule has 0 aliphatic carbocycles. The normalized spacial score (nSPS) is 17.5. The van der Waals surface area contributed by atoms with Crippen molar-refractivity contribution in [2.24, 2.45) is 0 Å². The van der Waals surface area contributed by atoms with E-state index in [4.69, 9.17) is 0 Å². The number of nitrogens with zero attached hydrogens (tertiary/aromatic N) is 2. The predicted octanol–water partition coefficient (Wildman–Crippen LogP) is 3.03. The van der Waals surface area contributed by atoms with Crippen molar-refractivity contribution in [1.82, 2.24) is 14.5 Å². The van der Waals surface area contributed by atoms with E-state index < -0.39 is 11.7 Å². The van der Waals surface area contributed by atoms with Gasteiger partial charge in [0.1, 0.15) is 0 Å². The maximum absolute atomic E-state index is 13.0. The van der Waals surface area contributed by atoms with Crippen molar-refractivity contribution in [2.45, 2.75) is 31.6 Å². The Kier molecular flexibility index (Phi) is 4.30. The summed E-state index contributed by atoms with van der Waals surface area (Å²) in [5.74, 6) is 0. The van der Waals surface area contributed by atoms with Crippen molar-refractivity contribution < 1.29 is 13.2 Å². The summed E-state index contributed by atoms with van der Waals surface area (Å²) >= 11 is 0. The fraction of sp³-hybridized carbons (Fsp3) is 0.438. The minimum absolute atomic E-state index is 0.114. The molecule has 1 saturated heterocycles. The van der Waals surface area contributed by atoms with Crippen LogP contribution in [0.2, 0.25) is 0 Å². The van der Waals surface area contributed by atoms with Crippen LogP contribution in [0.5, 0.6) is 0 Å². The Morgan fingerprint density at radius 1 is 1.17 bits per heavy atom. The largest absolute Gasteiger partial charge is 0.416 e. The van der Waals surface area contributed by atoms with Crippen LogP contribution in [0.1, 0.15) is 30.0 Å². The van der Waals surface area contributed by atoms with E-state index in [2.05, 4.69) is 4.98 Å². The highest BCUT2D eigenvalue weighted by atomic mass is 19.4. The van der Waals surface area contributed by atoms with Gasteiger partial charge in [-0.1, -0.05) is 18.2 Å². The average molecular weight is 325 g/mol. The van der Waals surface area contributed by atoms with Gasteiger partial charge >= 0.3 is 11.9 Å². The lowest BCUT2D eigenvalue weighted by atomic mass is 10.0. The fourth-order valence-electron chi connectivity index (χ4n) is 3.15. The molecule has 1 N–H and O–H groups in total. The van der Waals surface area contributed by atoms with Gasteiger partial charge in [-0.2, -0.15) is 13.2 Å². The second-order valence-corrected chi connectivity index (χ2v) is 5.83. The summed E-state index contributed by atoms with van der Waals surface area (Å²) in [5.41, 5.74) is -0.396. The van der Waals surface area contributed by atoms with Crippen LogP contribution in [0.15, 0.2) is 41.5 Å². The number of imidazole rings is 1. The van der Waals surface area contributed by atoms with E-state index in [1.165, 1.54) is 12.1 Å². The number of hydrogen-bond acceptors (Lipinski definition) is 2. The quantitative estimate of drug-likeness (QED) is 0.942. The number of nitrogens with one attached hydrogen (secondary N) is 1. The third-order valence-corrected chi connectivity index (χ3v) is 4.34. The van der Waals surface area contributed by atoms with E-state index >= 15 is 0 Å². The Bertz CT molecular complexity index is 712. The standard InChI is InChI=1S/C16H18F3N3O/c17-16(18,19)14-4-2-1-3-12(14)11-21-8-5-13(6-9-21)22-10-7-20-15(22)23/h1-4,7,10,13H,5-6,8-9,11H2,(H,20,23). The van der Waals surface area contributed by atoms with E-state index in [1.54, 1.807) is 23.0 Å². The van der Waals surface area contributed by atoms with Crippen LogP contribution in [0.25, 0.3) is 0 Å². The van der Waals surface area contributed by atoms with Gasteiger partial charge in [0.25, 0.3) is 0 Å². The molecule has 1 aliphatic heterocycles. The topological polar surface area (TPSA) is 41.0 Å². The van der Waals surface area contributed by atoms with Crippen molar-refractivity contribution in [3.05, 3.63) is 58.3 Å². The molecule has 0 spiro atoms. The molecule has 2 heterocycles. The van der Waals surface area contributed by atoms with Gasteiger partial charge in [-0.25, -0.2) is 4.79 Å². The summed E-state index contributed by atoms with van der Waals surface area (Å²) in [6, 6.07) is 5.82. The van der Waals surface area contributed by atoms with E-state index in [-0.39, 0.29) is 18.3 Å². The fourth-order valence-corrected chi connectivity index (χ4v) is 3.15. The van der Waals surface area contributed by atoms with Crippen molar-refractivity contribution in [3.8, 4) is 0 Å². The molecule has 7 heteroatoms. The minimum Gasteiger partial charge on any atom is -0.313 e. The molecule has 124 valence electrons. The Morgan fingerprint density at radius 3 is 2.48 bits per heavy atom. The number of aromatic nitrogens is 2. The van der Waals surface area contributed by atoms with Crippen molar-refractivity contribution in [2.75, 3.05) is 13.1 Å². The van der Waals surface area contributed by atoms with E-state index in [0.717, 1.165) is 18.9 Å². The molecular formula is C16H18F3N3O. The highest BCUT2D eigenvalue weighted by molar-refractivity contribution is 5.29. The molecular weight excluding hydrogens is 307 g/mol. The molecule has 0 unspecified atom stereocenters. The number of hydrogen-bond donors (Lipinski definition) is 1. The number of halogens is 3. The molecule has 2 aromatic rings. The Balaban J connectivity index is 1.66. The minimum atomic E-state index is -4.33. The van der Waals surface area contributed by atoms with Gasteiger partial charge in [0.05, 0.1) is 5.56 Å². The average Bonchev–Trinajstić information content (AvgIpc) is 2.94. The number of rotatable bonds is 3. The number of alkyl halides is 3. The van der Waals surface area contributed by atoms with Gasteiger partial charge in [0.15, 0.2) is 0 Å². The molecule has 1 fully saturated rings. The van der Waals surface area contributed by atoms with Gasteiger partial charge in [-0.3, -0.25) is 9.47 Å². The van der Waals surface area contributed by atoms with Gasteiger partial charge in [0, 0.05) is 38.1 Å². The van der Waals surface area contributed by atoms with Gasteiger partial charge in [0.2, 0.25) is 0 Å². The van der Waals surface area contributed by atoms with Crippen LogP contribution in [0, 0.1) is 0 Å². The molecule has 4 nitrogen and oxygen atoms in total. The lowest BCUT2D eigenvalue weighted by molar-refractivity contribution is -0.138. The van der Waals surface area contributed by atoms with Gasteiger partial charge < -0.3 is 4.98 Å². The monoisotopic (exact) mass is 325 g/mol. The summed E-state index contributed by atoms with van der Waals surface area (Å²) in [4.78, 5) is 16.2. The summed E-state index contributed by atoms with van der Waals surface area (Å²) in [7, 11) is 0. The first kappa shape index (κ1) is 15.9. The maximum Gasteiger partial charge on any atom is 0.416 e. The maximum atomic E-state index is 13.0. The third kappa shape index (κ3) is 3.50. The molecule has 0 radical (unpaired) electrons. The Hall–Kier alpha value is -2.02. The van der Waals surface area contributed by atoms with E-state index in [9.17, 15) is 18.0 Å². The first-order valence-corrected chi connectivity index (χ1v) is 7.58. The van der Waals surface area contributed by atoms with Crippen LogP contribution in [0.3, 0.4) is 0 Å². The zero-order chi connectivity index (χ0) is 16.4. The number of piperidine rings is 1. The molecule has 0 atom stereocenters. The number of aromatic amines is 1. The van der Waals surface area contributed by atoms with E-state index in [1.807, 2.05) is 4.90 Å². The van der Waals surface area contributed by atoms with Crippen LogP contribution < -0.4 is 5.69 Å². The molecule has 1 aliphatic rings. The molecule has 1 aromatic carbocycles. The second-order valence-electron chi connectivity index (χ2n) is 5.83. The summed E-state index contributed by atoms with van der Waals surface area (Å²) < 4.78 is 40.8. The molecule has 0 amide bonds. The number of benzene rings is 1. The SMILES string of the molecule is O=c1[nH]ccn1C1CCN(Cc2ccccc2C(F)(F)F)CC1. The van der Waals surface area contributed by atoms with E-state index in [0.29, 0.717) is 18.7 Å². The first-order valence-electron chi connectivity index (χ1n) is 7.58. The zero-order valence-electron chi connectivity index (χ0n) is 12.5. The highest BCUT2D eigenvalue weighted by Gasteiger charge is 2.33. The smallest absolute Gasteiger partial charge is 0.313 e. The Labute approximate surface area is 131 Å². The van der Waals surface area contributed by atoms with Crippen LogP contribution in [-0.2, 0) is 12.7 Å². The third-order valence-electron chi connectivity index (χ3n) is 4.34. The lowest BCUT2D eigenvalue weighted by Crippen LogP contribution is -2.36. The van der Waals surface area contributed by atoms with Gasteiger partial charge in [-0.15, -0.1) is 0 Å². The first-order chi connectivity index (χ1) is 10.9. The highest BCUT2D eigenvalue weighted by Crippen LogP contribution is 2.33. The summed E-state index contributed by atoms with van der Waals surface area (Å²) in [6.07, 6.45) is 0.515. The Morgan fingerprint density at radius 2 is 1.87 bits per heavy atom. The molecule has 0 saturated carbocycles. The van der Waals surface area contributed by atoms with Crippen LogP contribution in [-0.4, -0.2) is 27.5 Å². The summed E-state index contributed by atoms with van der Waals surface area (Å²) in [5, 5.41) is 0. The molecule has 23 heavy (non-hydrogen) atoms. The second kappa shape index (κ2) is 6.23. The van der Waals surface area contributed by atoms with Crippen molar-refractivity contribution >= 4 is 0 Å². The van der Waals surface area contributed by atoms with Crippen LogP contribution in [0.4, 0.5) is 13.2 Å². The molecule has 3 rings (SSSR count). The predicted molar refractivity (Wildman–Crippen MR) is 80.0 cm³/mol. The van der Waals surface area contributed by atoms with Gasteiger partial charge in [-0.05, 0) is 24.5 Å².